The molecule has 2 heterocycles. The molecule has 2 saturated heterocycles. The first kappa shape index (κ1) is 17.4. The van der Waals surface area contributed by atoms with Gasteiger partial charge < -0.3 is 4.90 Å². The van der Waals surface area contributed by atoms with Crippen molar-refractivity contribution in [2.24, 2.45) is 0 Å². The van der Waals surface area contributed by atoms with Gasteiger partial charge in [-0.05, 0) is 18.4 Å². The zero-order chi connectivity index (χ0) is 17.0. The molecule has 1 aromatic rings. The first-order valence-electron chi connectivity index (χ1n) is 8.64. The monoisotopic (exact) mass is 351 g/mol. The van der Waals surface area contributed by atoms with Crippen LogP contribution in [0.5, 0.6) is 0 Å². The van der Waals surface area contributed by atoms with Crippen molar-refractivity contribution in [3.05, 3.63) is 35.9 Å². The van der Waals surface area contributed by atoms with E-state index in [0.29, 0.717) is 45.7 Å². The van der Waals surface area contributed by atoms with Crippen LogP contribution in [-0.4, -0.2) is 67.1 Å². The van der Waals surface area contributed by atoms with Crippen LogP contribution in [0, 0.1) is 0 Å². The van der Waals surface area contributed by atoms with Crippen molar-refractivity contribution in [3.8, 4) is 0 Å². The van der Waals surface area contributed by atoms with Gasteiger partial charge in [0.15, 0.2) is 0 Å². The van der Waals surface area contributed by atoms with Crippen molar-refractivity contribution in [2.45, 2.75) is 25.7 Å². The van der Waals surface area contributed by atoms with Crippen molar-refractivity contribution in [1.82, 2.24) is 13.5 Å². The fourth-order valence-electron chi connectivity index (χ4n) is 3.31. The van der Waals surface area contributed by atoms with Gasteiger partial charge in [-0.1, -0.05) is 36.8 Å². The predicted molar refractivity (Wildman–Crippen MR) is 92.6 cm³/mol. The van der Waals surface area contributed by atoms with Gasteiger partial charge in [-0.15, -0.1) is 0 Å². The fourth-order valence-corrected chi connectivity index (χ4v) is 4.98. The number of nitrogens with zero attached hydrogens (tertiary/aromatic N) is 3. The second kappa shape index (κ2) is 7.63. The molecular formula is C17H25N3O3S. The molecule has 0 radical (unpaired) electrons. The summed E-state index contributed by atoms with van der Waals surface area (Å²) in [5, 5.41) is 0. The van der Waals surface area contributed by atoms with E-state index in [9.17, 15) is 13.2 Å². The second-order valence-electron chi connectivity index (χ2n) is 6.41. The standard InChI is InChI=1S/C17H25N3O3S/c21-17(15-16-7-3-1-4-8-16)18-11-13-20(14-12-18)24(22,23)19-9-5-2-6-10-19/h1,3-4,7-8H,2,5-6,9-15H2. The van der Waals surface area contributed by atoms with E-state index in [-0.39, 0.29) is 5.91 Å². The number of benzene rings is 1. The van der Waals surface area contributed by atoms with Crippen molar-refractivity contribution in [3.63, 3.8) is 0 Å². The summed E-state index contributed by atoms with van der Waals surface area (Å²) in [6, 6.07) is 9.65. The zero-order valence-corrected chi connectivity index (χ0v) is 14.7. The van der Waals surface area contributed by atoms with E-state index in [1.165, 1.54) is 4.31 Å². The number of carbonyl (C=O) groups excluding carboxylic acids is 1. The number of hydrogen-bond acceptors (Lipinski definition) is 3. The molecule has 7 heteroatoms. The molecule has 0 N–H and O–H groups in total. The molecule has 0 atom stereocenters. The maximum Gasteiger partial charge on any atom is 0.282 e. The molecule has 1 amide bonds. The average Bonchev–Trinajstić information content (AvgIpc) is 2.63. The van der Waals surface area contributed by atoms with Crippen LogP contribution in [0.25, 0.3) is 0 Å². The molecule has 1 aromatic carbocycles. The minimum Gasteiger partial charge on any atom is -0.340 e. The maximum absolute atomic E-state index is 12.7. The molecule has 6 nitrogen and oxygen atoms in total. The smallest absolute Gasteiger partial charge is 0.282 e. The van der Waals surface area contributed by atoms with Crippen molar-refractivity contribution < 1.29 is 13.2 Å². The SMILES string of the molecule is O=C(Cc1ccccc1)N1CCN(S(=O)(=O)N2CCCCC2)CC1. The molecule has 3 rings (SSSR count). The van der Waals surface area contributed by atoms with Crippen LogP contribution in [0.15, 0.2) is 30.3 Å². The fraction of sp³-hybridized carbons (Fsp3) is 0.588. The Morgan fingerprint density at radius 1 is 0.833 bits per heavy atom. The van der Waals surface area contributed by atoms with E-state index < -0.39 is 10.2 Å². The minimum absolute atomic E-state index is 0.0659. The van der Waals surface area contributed by atoms with E-state index in [1.54, 1.807) is 9.21 Å². The molecular weight excluding hydrogens is 326 g/mol. The highest BCUT2D eigenvalue weighted by atomic mass is 32.2. The summed E-state index contributed by atoms with van der Waals surface area (Å²) in [5.41, 5.74) is 0.992. The highest BCUT2D eigenvalue weighted by Gasteiger charge is 2.33. The Balaban J connectivity index is 1.54. The number of hydrogen-bond donors (Lipinski definition) is 0. The lowest BCUT2D eigenvalue weighted by Crippen LogP contribution is -2.55. The van der Waals surface area contributed by atoms with Crippen molar-refractivity contribution in [1.29, 1.82) is 0 Å². The summed E-state index contributed by atoms with van der Waals surface area (Å²) >= 11 is 0. The Labute approximate surface area is 144 Å². The lowest BCUT2D eigenvalue weighted by Gasteiger charge is -2.37. The average molecular weight is 351 g/mol. The molecule has 2 aliphatic heterocycles. The van der Waals surface area contributed by atoms with Crippen LogP contribution >= 0.6 is 0 Å². The normalized spacial score (nSPS) is 20.9. The summed E-state index contributed by atoms with van der Waals surface area (Å²) in [7, 11) is -3.36. The Bertz CT molecular complexity index is 649. The lowest BCUT2D eigenvalue weighted by molar-refractivity contribution is -0.131. The summed E-state index contributed by atoms with van der Waals surface area (Å²) < 4.78 is 28.4. The number of rotatable bonds is 4. The number of amides is 1. The number of piperidine rings is 1. The van der Waals surface area contributed by atoms with E-state index in [1.807, 2.05) is 30.3 Å². The molecule has 0 bridgehead atoms. The van der Waals surface area contributed by atoms with Gasteiger partial charge in [-0.2, -0.15) is 17.0 Å². The number of carbonyl (C=O) groups is 1. The highest BCUT2D eigenvalue weighted by Crippen LogP contribution is 2.18. The molecule has 0 spiro atoms. The van der Waals surface area contributed by atoms with Crippen LogP contribution in [-0.2, 0) is 21.4 Å². The van der Waals surface area contributed by atoms with Gasteiger partial charge in [0.1, 0.15) is 0 Å². The predicted octanol–water partition coefficient (Wildman–Crippen LogP) is 1.10. The molecule has 132 valence electrons. The molecule has 2 aliphatic rings. The topological polar surface area (TPSA) is 60.9 Å². The summed E-state index contributed by atoms with van der Waals surface area (Å²) in [4.78, 5) is 14.1. The van der Waals surface area contributed by atoms with Crippen LogP contribution in [0.4, 0.5) is 0 Å². The Hall–Kier alpha value is -1.44. The van der Waals surface area contributed by atoms with Crippen LogP contribution in [0.2, 0.25) is 0 Å². The lowest BCUT2D eigenvalue weighted by atomic mass is 10.1. The molecule has 2 fully saturated rings. The van der Waals surface area contributed by atoms with E-state index in [4.69, 9.17) is 0 Å². The molecule has 0 aliphatic carbocycles. The van der Waals surface area contributed by atoms with E-state index in [0.717, 1.165) is 24.8 Å². The summed E-state index contributed by atoms with van der Waals surface area (Å²) in [6.07, 6.45) is 3.36. The van der Waals surface area contributed by atoms with Crippen molar-refractivity contribution in [2.75, 3.05) is 39.3 Å². The molecule has 0 aromatic heterocycles. The first-order chi connectivity index (χ1) is 11.6. The maximum atomic E-state index is 12.7. The van der Waals surface area contributed by atoms with Gasteiger partial charge in [0.05, 0.1) is 6.42 Å². The number of piperazine rings is 1. The van der Waals surface area contributed by atoms with E-state index >= 15 is 0 Å². The summed E-state index contributed by atoms with van der Waals surface area (Å²) in [5.74, 6) is 0.0659. The van der Waals surface area contributed by atoms with Crippen molar-refractivity contribution >= 4 is 16.1 Å². The van der Waals surface area contributed by atoms with Gasteiger partial charge in [0, 0.05) is 39.3 Å². The molecule has 0 saturated carbocycles. The van der Waals surface area contributed by atoms with Crippen LogP contribution in [0.1, 0.15) is 24.8 Å². The second-order valence-corrected chi connectivity index (χ2v) is 8.34. The Morgan fingerprint density at radius 3 is 2.04 bits per heavy atom. The quantitative estimate of drug-likeness (QED) is 0.816. The van der Waals surface area contributed by atoms with Gasteiger partial charge in [-0.3, -0.25) is 4.79 Å². The Kier molecular flexibility index (Phi) is 5.53. The van der Waals surface area contributed by atoms with Gasteiger partial charge in [0.2, 0.25) is 5.91 Å². The summed E-state index contributed by atoms with van der Waals surface area (Å²) in [6.45, 7) is 2.96. The third kappa shape index (κ3) is 3.96. The van der Waals surface area contributed by atoms with Gasteiger partial charge in [-0.25, -0.2) is 0 Å². The molecule has 0 unspecified atom stereocenters. The zero-order valence-electron chi connectivity index (χ0n) is 13.9. The molecule has 24 heavy (non-hydrogen) atoms. The first-order valence-corrected chi connectivity index (χ1v) is 10.0. The van der Waals surface area contributed by atoms with Crippen LogP contribution < -0.4 is 0 Å². The third-order valence-corrected chi connectivity index (χ3v) is 6.79. The van der Waals surface area contributed by atoms with Gasteiger partial charge >= 0.3 is 0 Å². The largest absolute Gasteiger partial charge is 0.340 e. The van der Waals surface area contributed by atoms with Gasteiger partial charge in [0.25, 0.3) is 10.2 Å². The highest BCUT2D eigenvalue weighted by molar-refractivity contribution is 7.86. The minimum atomic E-state index is -3.36. The van der Waals surface area contributed by atoms with Crippen LogP contribution in [0.3, 0.4) is 0 Å². The third-order valence-electron chi connectivity index (χ3n) is 4.76. The Morgan fingerprint density at radius 2 is 1.42 bits per heavy atom. The van der Waals surface area contributed by atoms with E-state index in [2.05, 4.69) is 0 Å².